The Kier molecular flexibility index (Phi) is 2.24. The van der Waals surface area contributed by atoms with Crippen LogP contribution in [0.4, 0.5) is 0 Å². The Balaban J connectivity index is 2.24. The molecule has 0 amide bonds. The van der Waals surface area contributed by atoms with Gasteiger partial charge in [0, 0.05) is 19.4 Å². The van der Waals surface area contributed by atoms with Crippen molar-refractivity contribution in [2.75, 3.05) is 0 Å². The average molecular weight is 206 g/mol. The van der Waals surface area contributed by atoms with Crippen LogP contribution in [-0.2, 0) is 13.6 Å². The fourth-order valence-electron chi connectivity index (χ4n) is 1.34. The lowest BCUT2D eigenvalue weighted by molar-refractivity contribution is 0.0684. The first kappa shape index (κ1) is 9.45. The maximum absolute atomic E-state index is 10.8. The highest BCUT2D eigenvalue weighted by Crippen LogP contribution is 2.03. The van der Waals surface area contributed by atoms with Gasteiger partial charge in [-0.05, 0) is 12.1 Å². The minimum atomic E-state index is -0.983. The summed E-state index contributed by atoms with van der Waals surface area (Å²) in [5.41, 5.74) is 0.948. The van der Waals surface area contributed by atoms with Crippen LogP contribution in [0.2, 0.25) is 0 Å². The van der Waals surface area contributed by atoms with Gasteiger partial charge in [0.1, 0.15) is 5.69 Å². The first-order valence-electron chi connectivity index (χ1n) is 4.40. The van der Waals surface area contributed by atoms with Gasteiger partial charge in [0.15, 0.2) is 0 Å². The molecule has 0 spiro atoms. The molecule has 0 bridgehead atoms. The molecule has 2 aromatic heterocycles. The SMILES string of the molecule is Cn1ccc(Cn2nccc2C(=O)O)n1. The molecule has 0 aliphatic rings. The van der Waals surface area contributed by atoms with Gasteiger partial charge in [-0.15, -0.1) is 0 Å². The van der Waals surface area contributed by atoms with Gasteiger partial charge < -0.3 is 5.11 Å². The molecule has 0 saturated carbocycles. The van der Waals surface area contributed by atoms with Crippen LogP contribution in [-0.4, -0.2) is 30.6 Å². The number of aromatic carboxylic acids is 1. The second-order valence-corrected chi connectivity index (χ2v) is 3.16. The summed E-state index contributed by atoms with van der Waals surface area (Å²) in [6.07, 6.45) is 3.27. The predicted octanol–water partition coefficient (Wildman–Crippen LogP) is 0.363. The zero-order valence-electron chi connectivity index (χ0n) is 8.16. The molecule has 6 nitrogen and oxygen atoms in total. The van der Waals surface area contributed by atoms with Gasteiger partial charge in [-0.2, -0.15) is 10.2 Å². The lowest BCUT2D eigenvalue weighted by Gasteiger charge is -2.00. The molecule has 0 aliphatic heterocycles. The average Bonchev–Trinajstić information content (AvgIpc) is 2.75. The molecule has 0 radical (unpaired) electrons. The summed E-state index contributed by atoms with van der Waals surface area (Å²) < 4.78 is 3.07. The number of aromatic nitrogens is 4. The molecule has 0 atom stereocenters. The van der Waals surface area contributed by atoms with E-state index in [1.54, 1.807) is 10.9 Å². The monoisotopic (exact) mass is 206 g/mol. The van der Waals surface area contributed by atoms with Gasteiger partial charge in [-0.1, -0.05) is 0 Å². The molecule has 15 heavy (non-hydrogen) atoms. The summed E-state index contributed by atoms with van der Waals surface area (Å²) in [6.45, 7) is 0.371. The zero-order chi connectivity index (χ0) is 10.8. The zero-order valence-corrected chi connectivity index (χ0v) is 8.16. The van der Waals surface area contributed by atoms with Crippen molar-refractivity contribution in [3.05, 3.63) is 35.9 Å². The van der Waals surface area contributed by atoms with E-state index in [4.69, 9.17) is 5.11 Å². The van der Waals surface area contributed by atoms with E-state index in [-0.39, 0.29) is 5.69 Å². The standard InChI is InChI=1S/C9H10N4O2/c1-12-5-3-7(11-12)6-13-8(9(14)15)2-4-10-13/h2-5H,6H2,1H3,(H,14,15). The Hall–Kier alpha value is -2.11. The molecule has 0 saturated heterocycles. The molecular formula is C9H10N4O2. The molecule has 0 aromatic carbocycles. The van der Waals surface area contributed by atoms with Crippen LogP contribution >= 0.6 is 0 Å². The summed E-state index contributed by atoms with van der Waals surface area (Å²) in [7, 11) is 1.81. The number of carboxylic acids is 1. The highest BCUT2D eigenvalue weighted by molar-refractivity contribution is 5.85. The van der Waals surface area contributed by atoms with Crippen LogP contribution in [0, 0.1) is 0 Å². The van der Waals surface area contributed by atoms with Crippen molar-refractivity contribution < 1.29 is 9.90 Å². The molecular weight excluding hydrogens is 196 g/mol. The second kappa shape index (κ2) is 3.56. The Morgan fingerprint density at radius 3 is 2.93 bits per heavy atom. The maximum Gasteiger partial charge on any atom is 0.354 e. The van der Waals surface area contributed by atoms with Crippen molar-refractivity contribution >= 4 is 5.97 Å². The van der Waals surface area contributed by atoms with Crippen molar-refractivity contribution in [2.24, 2.45) is 7.05 Å². The maximum atomic E-state index is 10.8. The largest absolute Gasteiger partial charge is 0.477 e. The fraction of sp³-hybridized carbons (Fsp3) is 0.222. The third kappa shape index (κ3) is 1.88. The number of carboxylic acid groups (broad SMARTS) is 1. The van der Waals surface area contributed by atoms with E-state index in [1.165, 1.54) is 16.9 Å². The van der Waals surface area contributed by atoms with Crippen LogP contribution in [0.15, 0.2) is 24.5 Å². The summed E-state index contributed by atoms with van der Waals surface area (Å²) in [5.74, 6) is -0.983. The fourth-order valence-corrected chi connectivity index (χ4v) is 1.34. The number of rotatable bonds is 3. The second-order valence-electron chi connectivity index (χ2n) is 3.16. The first-order valence-corrected chi connectivity index (χ1v) is 4.40. The lowest BCUT2D eigenvalue weighted by Crippen LogP contribution is -2.11. The Labute approximate surface area is 85.8 Å². The molecule has 0 aliphatic carbocycles. The third-order valence-electron chi connectivity index (χ3n) is 2.02. The van der Waals surface area contributed by atoms with E-state index in [0.29, 0.717) is 6.54 Å². The molecule has 2 heterocycles. The molecule has 78 valence electrons. The van der Waals surface area contributed by atoms with E-state index in [1.807, 2.05) is 13.1 Å². The molecule has 0 fully saturated rings. The minimum absolute atomic E-state index is 0.167. The van der Waals surface area contributed by atoms with Gasteiger partial charge in [0.25, 0.3) is 0 Å². The summed E-state index contributed by atoms with van der Waals surface area (Å²) in [5, 5.41) is 16.9. The van der Waals surface area contributed by atoms with Crippen molar-refractivity contribution in [3.8, 4) is 0 Å². The first-order chi connectivity index (χ1) is 7.16. The van der Waals surface area contributed by atoms with Crippen LogP contribution in [0.1, 0.15) is 16.2 Å². The smallest absolute Gasteiger partial charge is 0.354 e. The van der Waals surface area contributed by atoms with Crippen molar-refractivity contribution in [3.63, 3.8) is 0 Å². The normalized spacial score (nSPS) is 10.5. The summed E-state index contributed by atoms with van der Waals surface area (Å²) in [6, 6.07) is 3.29. The highest BCUT2D eigenvalue weighted by atomic mass is 16.4. The van der Waals surface area contributed by atoms with Gasteiger partial charge >= 0.3 is 5.97 Å². The topological polar surface area (TPSA) is 72.9 Å². The minimum Gasteiger partial charge on any atom is -0.477 e. The number of aryl methyl sites for hydroxylation is 1. The van der Waals surface area contributed by atoms with Gasteiger partial charge in [0.05, 0.1) is 12.2 Å². The Morgan fingerprint density at radius 1 is 1.53 bits per heavy atom. The predicted molar refractivity (Wildman–Crippen MR) is 51.5 cm³/mol. The van der Waals surface area contributed by atoms with Gasteiger partial charge in [-0.25, -0.2) is 4.79 Å². The van der Waals surface area contributed by atoms with E-state index in [2.05, 4.69) is 10.2 Å². The van der Waals surface area contributed by atoms with Crippen molar-refractivity contribution in [1.29, 1.82) is 0 Å². The molecule has 2 rings (SSSR count). The lowest BCUT2D eigenvalue weighted by atomic mass is 10.4. The third-order valence-corrected chi connectivity index (χ3v) is 2.02. The summed E-state index contributed by atoms with van der Waals surface area (Å²) in [4.78, 5) is 10.8. The van der Waals surface area contributed by atoms with E-state index in [0.717, 1.165) is 5.69 Å². The molecule has 6 heteroatoms. The van der Waals surface area contributed by atoms with Gasteiger partial charge in [-0.3, -0.25) is 9.36 Å². The number of nitrogens with zero attached hydrogens (tertiary/aromatic N) is 4. The van der Waals surface area contributed by atoms with Crippen LogP contribution in [0.3, 0.4) is 0 Å². The van der Waals surface area contributed by atoms with E-state index in [9.17, 15) is 4.79 Å². The number of hydrogen-bond acceptors (Lipinski definition) is 3. The van der Waals surface area contributed by atoms with Crippen LogP contribution in [0.5, 0.6) is 0 Å². The van der Waals surface area contributed by atoms with Gasteiger partial charge in [0.2, 0.25) is 0 Å². The quantitative estimate of drug-likeness (QED) is 0.787. The Morgan fingerprint density at radius 2 is 2.33 bits per heavy atom. The Bertz CT molecular complexity index is 486. The molecule has 2 aromatic rings. The van der Waals surface area contributed by atoms with Crippen molar-refractivity contribution in [1.82, 2.24) is 19.6 Å². The van der Waals surface area contributed by atoms with Crippen LogP contribution < -0.4 is 0 Å². The van der Waals surface area contributed by atoms with Crippen LogP contribution in [0.25, 0.3) is 0 Å². The highest BCUT2D eigenvalue weighted by Gasteiger charge is 2.10. The molecule has 1 N–H and O–H groups in total. The number of hydrogen-bond donors (Lipinski definition) is 1. The molecule has 0 unspecified atom stereocenters. The van der Waals surface area contributed by atoms with E-state index >= 15 is 0 Å². The van der Waals surface area contributed by atoms with E-state index < -0.39 is 5.97 Å². The number of carbonyl (C=O) groups is 1. The summed E-state index contributed by atoms with van der Waals surface area (Å²) >= 11 is 0. The van der Waals surface area contributed by atoms with Crippen molar-refractivity contribution in [2.45, 2.75) is 6.54 Å².